The molecule has 94 valence electrons. The lowest BCUT2D eigenvalue weighted by molar-refractivity contribution is 0.0977. The number of hydrogen-bond donors (Lipinski definition) is 1. The van der Waals surface area contributed by atoms with Crippen molar-refractivity contribution in [3.63, 3.8) is 0 Å². The minimum absolute atomic E-state index is 0.0904. The fourth-order valence-electron chi connectivity index (χ4n) is 1.85. The van der Waals surface area contributed by atoms with Gasteiger partial charge in [-0.15, -0.1) is 5.10 Å². The Kier molecular flexibility index (Phi) is 3.72. The van der Waals surface area contributed by atoms with Gasteiger partial charge in [-0.05, 0) is 37.1 Å². The zero-order chi connectivity index (χ0) is 13.0. The molecular formula is C13H15N3O2. The third kappa shape index (κ3) is 2.94. The summed E-state index contributed by atoms with van der Waals surface area (Å²) in [4.78, 5) is 12.0. The summed E-state index contributed by atoms with van der Waals surface area (Å²) in [6.07, 6.45) is 4.58. The van der Waals surface area contributed by atoms with Crippen LogP contribution in [0.1, 0.15) is 28.8 Å². The molecule has 0 bridgehead atoms. The number of phenolic OH excluding ortho intramolecular Hbond substituents is 1. The number of carbonyl (C=O) groups is 1. The zero-order valence-electron chi connectivity index (χ0n) is 10.2. The van der Waals surface area contributed by atoms with Crippen LogP contribution in [0.15, 0.2) is 30.6 Å². The second-order valence-electron chi connectivity index (χ2n) is 4.19. The minimum atomic E-state index is 0.0904. The number of hydrogen-bond acceptors (Lipinski definition) is 4. The van der Waals surface area contributed by atoms with E-state index in [2.05, 4.69) is 10.3 Å². The SMILES string of the molecule is Cc1cc(O)ccc1C(=O)CCCn1ccnn1. The van der Waals surface area contributed by atoms with Crippen LogP contribution in [0.4, 0.5) is 0 Å². The number of carbonyl (C=O) groups excluding carboxylic acids is 1. The van der Waals surface area contributed by atoms with Crippen molar-refractivity contribution in [3.05, 3.63) is 41.7 Å². The number of aromatic hydroxyl groups is 1. The van der Waals surface area contributed by atoms with Crippen molar-refractivity contribution in [1.82, 2.24) is 15.0 Å². The highest BCUT2D eigenvalue weighted by molar-refractivity contribution is 5.97. The summed E-state index contributed by atoms with van der Waals surface area (Å²) in [5, 5.41) is 16.8. The summed E-state index contributed by atoms with van der Waals surface area (Å²) >= 11 is 0. The van der Waals surface area contributed by atoms with Crippen LogP contribution in [-0.4, -0.2) is 25.9 Å². The third-order valence-electron chi connectivity index (χ3n) is 2.77. The lowest BCUT2D eigenvalue weighted by Gasteiger charge is -2.05. The van der Waals surface area contributed by atoms with Gasteiger partial charge in [0.15, 0.2) is 5.78 Å². The van der Waals surface area contributed by atoms with E-state index in [1.165, 1.54) is 6.07 Å². The molecule has 5 heteroatoms. The van der Waals surface area contributed by atoms with Crippen LogP contribution in [0.3, 0.4) is 0 Å². The first kappa shape index (κ1) is 12.3. The minimum Gasteiger partial charge on any atom is -0.508 e. The Labute approximate surface area is 105 Å². The van der Waals surface area contributed by atoms with Gasteiger partial charge in [-0.25, -0.2) is 0 Å². The fraction of sp³-hybridized carbons (Fsp3) is 0.308. The topological polar surface area (TPSA) is 68.0 Å². The molecule has 0 radical (unpaired) electrons. The molecule has 1 N–H and O–H groups in total. The standard InChI is InChI=1S/C13H15N3O2/c1-10-9-11(17)4-5-12(10)13(18)3-2-7-16-8-6-14-15-16/h4-6,8-9,17H,2-3,7H2,1H3. The van der Waals surface area contributed by atoms with Gasteiger partial charge >= 0.3 is 0 Å². The molecule has 1 aromatic carbocycles. The van der Waals surface area contributed by atoms with Crippen molar-refractivity contribution < 1.29 is 9.90 Å². The van der Waals surface area contributed by atoms with Crippen molar-refractivity contribution in [2.75, 3.05) is 0 Å². The highest BCUT2D eigenvalue weighted by atomic mass is 16.3. The first-order valence-corrected chi connectivity index (χ1v) is 5.84. The number of Topliss-reactive ketones (excluding diaryl/α,β-unsaturated/α-hetero) is 1. The number of aryl methyl sites for hydroxylation is 2. The van der Waals surface area contributed by atoms with Crippen LogP contribution in [-0.2, 0) is 6.54 Å². The summed E-state index contributed by atoms with van der Waals surface area (Å²) < 4.78 is 1.71. The summed E-state index contributed by atoms with van der Waals surface area (Å²) in [6, 6.07) is 4.81. The molecule has 0 saturated heterocycles. The maximum Gasteiger partial charge on any atom is 0.163 e. The van der Waals surface area contributed by atoms with Gasteiger partial charge in [0, 0.05) is 24.7 Å². The fourth-order valence-corrected chi connectivity index (χ4v) is 1.85. The second-order valence-corrected chi connectivity index (χ2v) is 4.19. The average molecular weight is 245 g/mol. The molecule has 5 nitrogen and oxygen atoms in total. The molecular weight excluding hydrogens is 230 g/mol. The molecule has 1 aromatic heterocycles. The van der Waals surface area contributed by atoms with Crippen LogP contribution < -0.4 is 0 Å². The lowest BCUT2D eigenvalue weighted by atomic mass is 10.0. The molecule has 0 fully saturated rings. The van der Waals surface area contributed by atoms with Crippen LogP contribution in [0.5, 0.6) is 5.75 Å². The summed E-state index contributed by atoms with van der Waals surface area (Å²) in [7, 11) is 0. The summed E-state index contributed by atoms with van der Waals surface area (Å²) in [6.45, 7) is 2.51. The Bertz CT molecular complexity index is 535. The first-order valence-electron chi connectivity index (χ1n) is 5.84. The number of ketones is 1. The number of phenols is 1. The van der Waals surface area contributed by atoms with Gasteiger partial charge in [0.25, 0.3) is 0 Å². The Morgan fingerprint density at radius 2 is 2.28 bits per heavy atom. The largest absolute Gasteiger partial charge is 0.508 e. The number of nitrogens with zero attached hydrogens (tertiary/aromatic N) is 3. The van der Waals surface area contributed by atoms with E-state index in [0.717, 1.165) is 12.0 Å². The molecule has 0 unspecified atom stereocenters. The molecule has 0 saturated carbocycles. The van der Waals surface area contributed by atoms with Crippen LogP contribution >= 0.6 is 0 Å². The molecule has 2 rings (SSSR count). The predicted octanol–water partition coefficient (Wildman–Crippen LogP) is 1.96. The predicted molar refractivity (Wildman–Crippen MR) is 66.4 cm³/mol. The van der Waals surface area contributed by atoms with E-state index in [4.69, 9.17) is 0 Å². The van der Waals surface area contributed by atoms with E-state index in [1.54, 1.807) is 29.2 Å². The number of rotatable bonds is 5. The smallest absolute Gasteiger partial charge is 0.163 e. The molecule has 0 aliphatic heterocycles. The normalized spacial score (nSPS) is 10.5. The quantitative estimate of drug-likeness (QED) is 0.817. The van der Waals surface area contributed by atoms with Crippen molar-refractivity contribution in [3.8, 4) is 5.75 Å². The van der Waals surface area contributed by atoms with E-state index < -0.39 is 0 Å². The van der Waals surface area contributed by atoms with Gasteiger partial charge in [-0.2, -0.15) is 0 Å². The second kappa shape index (κ2) is 5.44. The molecule has 0 aliphatic rings. The Morgan fingerprint density at radius 3 is 2.94 bits per heavy atom. The maximum atomic E-state index is 12.0. The van der Waals surface area contributed by atoms with Gasteiger partial charge in [0.2, 0.25) is 0 Å². The van der Waals surface area contributed by atoms with Crippen molar-refractivity contribution in [2.24, 2.45) is 0 Å². The van der Waals surface area contributed by atoms with E-state index in [9.17, 15) is 9.90 Å². The third-order valence-corrected chi connectivity index (χ3v) is 2.77. The molecule has 18 heavy (non-hydrogen) atoms. The van der Waals surface area contributed by atoms with Gasteiger partial charge in [0.05, 0.1) is 6.20 Å². The lowest BCUT2D eigenvalue weighted by Crippen LogP contribution is -2.05. The highest BCUT2D eigenvalue weighted by Gasteiger charge is 2.09. The maximum absolute atomic E-state index is 12.0. The highest BCUT2D eigenvalue weighted by Crippen LogP contribution is 2.17. The van der Waals surface area contributed by atoms with Gasteiger partial charge in [-0.3, -0.25) is 9.48 Å². The van der Waals surface area contributed by atoms with E-state index in [0.29, 0.717) is 18.5 Å². The molecule has 0 amide bonds. The molecule has 0 atom stereocenters. The monoisotopic (exact) mass is 245 g/mol. The molecule has 2 aromatic rings. The molecule has 1 heterocycles. The Hall–Kier alpha value is -2.17. The van der Waals surface area contributed by atoms with Crippen molar-refractivity contribution in [1.29, 1.82) is 0 Å². The van der Waals surface area contributed by atoms with Crippen molar-refractivity contribution >= 4 is 5.78 Å². The van der Waals surface area contributed by atoms with Gasteiger partial charge < -0.3 is 5.11 Å². The molecule has 0 aliphatic carbocycles. The van der Waals surface area contributed by atoms with Crippen LogP contribution in [0.2, 0.25) is 0 Å². The summed E-state index contributed by atoms with van der Waals surface area (Å²) in [5.74, 6) is 0.277. The van der Waals surface area contributed by atoms with Crippen LogP contribution in [0, 0.1) is 6.92 Å². The van der Waals surface area contributed by atoms with E-state index >= 15 is 0 Å². The molecule has 0 spiro atoms. The van der Waals surface area contributed by atoms with Crippen molar-refractivity contribution in [2.45, 2.75) is 26.3 Å². The number of benzene rings is 1. The van der Waals surface area contributed by atoms with Gasteiger partial charge in [-0.1, -0.05) is 5.21 Å². The first-order chi connectivity index (χ1) is 8.66. The Balaban J connectivity index is 1.91. The van der Waals surface area contributed by atoms with Crippen LogP contribution in [0.25, 0.3) is 0 Å². The zero-order valence-corrected chi connectivity index (χ0v) is 10.2. The average Bonchev–Trinajstić information content (AvgIpc) is 2.81. The Morgan fingerprint density at radius 1 is 1.44 bits per heavy atom. The van der Waals surface area contributed by atoms with Gasteiger partial charge in [0.1, 0.15) is 5.75 Å². The van der Waals surface area contributed by atoms with E-state index in [1.807, 2.05) is 6.92 Å². The van der Waals surface area contributed by atoms with E-state index in [-0.39, 0.29) is 11.5 Å². The summed E-state index contributed by atoms with van der Waals surface area (Å²) in [5.41, 5.74) is 1.48. The number of aromatic nitrogens is 3.